The van der Waals surface area contributed by atoms with Crippen LogP contribution in [0.5, 0.6) is 5.75 Å². The number of nitrogens with zero attached hydrogens (tertiary/aromatic N) is 1. The number of hydrogen-bond acceptors (Lipinski definition) is 1. The van der Waals surface area contributed by atoms with Gasteiger partial charge in [-0.05, 0) is 12.1 Å². The van der Waals surface area contributed by atoms with Gasteiger partial charge in [0.2, 0.25) is 0 Å². The maximum atomic E-state index is 13.3. The molecule has 0 atom stereocenters. The zero-order valence-electron chi connectivity index (χ0n) is 8.54. The van der Waals surface area contributed by atoms with Crippen LogP contribution in [0.4, 0.5) is 4.39 Å². The van der Waals surface area contributed by atoms with E-state index in [1.807, 2.05) is 13.8 Å². The largest absolute Gasteiger partial charge is 0.495 e. The second-order valence-corrected chi connectivity index (χ2v) is 3.15. The van der Waals surface area contributed by atoms with E-state index >= 15 is 0 Å². The zero-order chi connectivity index (χ0) is 10.6. The van der Waals surface area contributed by atoms with E-state index in [0.717, 1.165) is 0 Å². The summed E-state index contributed by atoms with van der Waals surface area (Å²) in [5.41, 5.74) is 0.281. The summed E-state index contributed by atoms with van der Waals surface area (Å²) in [4.78, 5) is 3.99. The Morgan fingerprint density at radius 3 is 2.71 bits per heavy atom. The molecule has 0 heterocycles. The topological polar surface area (TPSA) is 13.6 Å². The molecule has 0 fully saturated rings. The minimum absolute atomic E-state index is 0.0966. The van der Waals surface area contributed by atoms with Crippen molar-refractivity contribution in [2.75, 3.05) is 7.11 Å². The quantitative estimate of drug-likeness (QED) is 0.670. The normalized spacial score (nSPS) is 9.50. The molecule has 0 N–H and O–H groups in total. The van der Waals surface area contributed by atoms with Crippen molar-refractivity contribution in [3.8, 4) is 11.8 Å². The van der Waals surface area contributed by atoms with Crippen LogP contribution in [0.3, 0.4) is 0 Å². The summed E-state index contributed by atoms with van der Waals surface area (Å²) in [7, 11) is 1.50. The van der Waals surface area contributed by atoms with Crippen LogP contribution in [0.25, 0.3) is 4.85 Å². The molecule has 0 aliphatic heterocycles. The highest BCUT2D eigenvalue weighted by molar-refractivity contribution is 5.45. The van der Waals surface area contributed by atoms with Crippen LogP contribution in [0, 0.1) is 11.9 Å². The highest BCUT2D eigenvalue weighted by Gasteiger charge is 2.12. The first-order chi connectivity index (χ1) is 6.65. The SMILES string of the molecule is COc1cccc(F)c1C#[N+]C(C)C. The molecule has 1 aromatic carbocycles. The van der Waals surface area contributed by atoms with E-state index in [4.69, 9.17) is 4.74 Å². The van der Waals surface area contributed by atoms with Crippen molar-refractivity contribution < 1.29 is 9.13 Å². The van der Waals surface area contributed by atoms with Crippen LogP contribution in [0.1, 0.15) is 19.4 Å². The minimum atomic E-state index is -0.367. The molecule has 1 aromatic rings. The number of halogens is 1. The molecule has 74 valence electrons. The summed E-state index contributed by atoms with van der Waals surface area (Å²) < 4.78 is 18.3. The Labute approximate surface area is 83.1 Å². The Morgan fingerprint density at radius 1 is 1.43 bits per heavy atom. The smallest absolute Gasteiger partial charge is 0.318 e. The van der Waals surface area contributed by atoms with Crippen LogP contribution < -0.4 is 4.74 Å². The minimum Gasteiger partial charge on any atom is -0.495 e. The van der Waals surface area contributed by atoms with Crippen LogP contribution in [0.15, 0.2) is 18.2 Å². The number of benzene rings is 1. The predicted octanol–water partition coefficient (Wildman–Crippen LogP) is 2.92. The fourth-order valence-corrected chi connectivity index (χ4v) is 0.977. The molecule has 0 saturated carbocycles. The van der Waals surface area contributed by atoms with E-state index in [9.17, 15) is 4.39 Å². The standard InChI is InChI=1S/C11H13FNO/c1-8(2)13-7-9-10(12)5-4-6-11(9)14-3/h4-6,8H,1-3H3/q+1. The first-order valence-corrected chi connectivity index (χ1v) is 4.43. The molecule has 14 heavy (non-hydrogen) atoms. The van der Waals surface area contributed by atoms with E-state index in [1.165, 1.54) is 13.2 Å². The van der Waals surface area contributed by atoms with Gasteiger partial charge < -0.3 is 4.74 Å². The van der Waals surface area contributed by atoms with Crippen LogP contribution >= 0.6 is 0 Å². The summed E-state index contributed by atoms with van der Waals surface area (Å²) >= 11 is 0. The number of ether oxygens (including phenoxy) is 1. The maximum Gasteiger partial charge on any atom is 0.318 e. The lowest BCUT2D eigenvalue weighted by atomic mass is 10.2. The van der Waals surface area contributed by atoms with Gasteiger partial charge in [0.05, 0.1) is 7.11 Å². The predicted molar refractivity (Wildman–Crippen MR) is 54.4 cm³/mol. The van der Waals surface area contributed by atoms with Crippen molar-refractivity contribution in [3.05, 3.63) is 34.4 Å². The van der Waals surface area contributed by atoms with Crippen molar-refractivity contribution in [2.45, 2.75) is 19.9 Å². The lowest BCUT2D eigenvalue weighted by molar-refractivity contribution is 0.409. The first-order valence-electron chi connectivity index (χ1n) is 4.43. The van der Waals surface area contributed by atoms with E-state index in [1.54, 1.807) is 12.1 Å². The summed E-state index contributed by atoms with van der Waals surface area (Å²) in [6, 6.07) is 7.39. The van der Waals surface area contributed by atoms with Crippen LogP contribution in [-0.4, -0.2) is 13.2 Å². The van der Waals surface area contributed by atoms with Gasteiger partial charge in [-0.1, -0.05) is 10.9 Å². The highest BCUT2D eigenvalue weighted by Crippen LogP contribution is 2.19. The third-order valence-corrected chi connectivity index (χ3v) is 1.63. The third kappa shape index (κ3) is 2.46. The molecule has 0 aliphatic carbocycles. The summed E-state index contributed by atoms with van der Waals surface area (Å²) in [6.07, 6.45) is 0. The molecule has 0 radical (unpaired) electrons. The van der Waals surface area contributed by atoms with E-state index in [0.29, 0.717) is 5.75 Å². The summed E-state index contributed by atoms with van der Waals surface area (Å²) in [5.74, 6) is 0.0863. The molecule has 3 heteroatoms. The fourth-order valence-electron chi connectivity index (χ4n) is 0.977. The van der Waals surface area contributed by atoms with Crippen molar-refractivity contribution in [2.24, 2.45) is 0 Å². The lowest BCUT2D eigenvalue weighted by Crippen LogP contribution is -1.91. The van der Waals surface area contributed by atoms with Gasteiger partial charge in [-0.15, -0.1) is 0 Å². The molecule has 0 saturated heterocycles. The van der Waals surface area contributed by atoms with E-state index in [2.05, 4.69) is 10.9 Å². The molecule has 0 amide bonds. The van der Waals surface area contributed by atoms with Crippen molar-refractivity contribution in [1.82, 2.24) is 0 Å². The Morgan fingerprint density at radius 2 is 2.14 bits per heavy atom. The second kappa shape index (κ2) is 4.61. The molecule has 0 aromatic heterocycles. The monoisotopic (exact) mass is 194 g/mol. The molecule has 0 spiro atoms. The van der Waals surface area contributed by atoms with Gasteiger partial charge in [-0.2, -0.15) is 0 Å². The maximum absolute atomic E-state index is 13.3. The Hall–Kier alpha value is -1.56. The van der Waals surface area contributed by atoms with Gasteiger partial charge in [-0.25, -0.2) is 4.39 Å². The highest BCUT2D eigenvalue weighted by atomic mass is 19.1. The second-order valence-electron chi connectivity index (χ2n) is 3.15. The zero-order valence-corrected chi connectivity index (χ0v) is 8.54. The Balaban J connectivity index is 3.13. The fraction of sp³-hybridized carbons (Fsp3) is 0.364. The Bertz CT molecular complexity index is 377. The van der Waals surface area contributed by atoms with Gasteiger partial charge in [0, 0.05) is 13.8 Å². The third-order valence-electron chi connectivity index (χ3n) is 1.63. The Kier molecular flexibility index (Phi) is 3.47. The lowest BCUT2D eigenvalue weighted by Gasteiger charge is -1.99. The number of methoxy groups -OCH3 is 1. The molecule has 0 aliphatic rings. The van der Waals surface area contributed by atoms with Gasteiger partial charge in [0.25, 0.3) is 6.04 Å². The van der Waals surface area contributed by atoms with Gasteiger partial charge >= 0.3 is 6.07 Å². The van der Waals surface area contributed by atoms with E-state index in [-0.39, 0.29) is 17.4 Å². The van der Waals surface area contributed by atoms with Gasteiger partial charge in [-0.3, -0.25) is 0 Å². The summed E-state index contributed by atoms with van der Waals surface area (Å²) in [6.45, 7) is 3.81. The van der Waals surface area contributed by atoms with Gasteiger partial charge in [0.15, 0.2) is 5.56 Å². The molecule has 0 unspecified atom stereocenters. The molecule has 0 bridgehead atoms. The average molecular weight is 194 g/mol. The molecular weight excluding hydrogens is 181 g/mol. The van der Waals surface area contributed by atoms with Crippen molar-refractivity contribution in [1.29, 1.82) is 0 Å². The molecule has 2 nitrogen and oxygen atoms in total. The number of hydrogen-bond donors (Lipinski definition) is 0. The van der Waals surface area contributed by atoms with E-state index < -0.39 is 0 Å². The number of rotatable bonds is 1. The van der Waals surface area contributed by atoms with Gasteiger partial charge in [0.1, 0.15) is 11.6 Å². The molecular formula is C11H13FNO+. The van der Waals surface area contributed by atoms with Crippen molar-refractivity contribution >= 4 is 0 Å². The average Bonchev–Trinajstić information content (AvgIpc) is 2.15. The van der Waals surface area contributed by atoms with Crippen LogP contribution in [-0.2, 0) is 0 Å². The van der Waals surface area contributed by atoms with Crippen LogP contribution in [0.2, 0.25) is 0 Å². The first kappa shape index (κ1) is 10.5. The molecule has 1 rings (SSSR count). The summed E-state index contributed by atoms with van der Waals surface area (Å²) in [5, 5.41) is 0. The van der Waals surface area contributed by atoms with Crippen molar-refractivity contribution in [3.63, 3.8) is 0 Å².